The molecule has 26 heavy (non-hydrogen) atoms. The molecule has 0 bridgehead atoms. The number of amides is 1. The molecule has 0 aliphatic rings. The van der Waals surface area contributed by atoms with Crippen molar-refractivity contribution in [2.24, 2.45) is 12.0 Å². The van der Waals surface area contributed by atoms with Gasteiger partial charge in [0.1, 0.15) is 5.75 Å². The zero-order chi connectivity index (χ0) is 19.1. The maximum atomic E-state index is 11.4. The average molecular weight is 357 g/mol. The number of anilines is 1. The molecule has 2 aromatic rings. The van der Waals surface area contributed by atoms with Crippen LogP contribution in [0.4, 0.5) is 5.69 Å². The van der Waals surface area contributed by atoms with Crippen LogP contribution >= 0.6 is 0 Å². The van der Waals surface area contributed by atoms with Gasteiger partial charge in [-0.25, -0.2) is 0 Å². The molecule has 0 unspecified atom stereocenters. The van der Waals surface area contributed by atoms with Gasteiger partial charge in [-0.3, -0.25) is 9.79 Å². The molecule has 1 aromatic carbocycles. The third-order valence-electron chi connectivity index (χ3n) is 4.05. The minimum Gasteiger partial charge on any atom is -0.495 e. The standard InChI is InChI=1S/C19H27N5O2/c1-14(25)22-17-11-15(8-9-18(17)26-5)12-21-19(20-2)24(4)13-16-7-6-10-23(16)3/h6-11H,12-13H2,1-5H3,(H,20,21)(H,22,25). The molecule has 0 fully saturated rings. The molecule has 1 amide bonds. The highest BCUT2D eigenvalue weighted by atomic mass is 16.5. The van der Waals surface area contributed by atoms with E-state index in [0.717, 1.165) is 18.1 Å². The Morgan fingerprint density at radius 3 is 2.69 bits per heavy atom. The number of nitrogens with zero attached hydrogens (tertiary/aromatic N) is 3. The van der Waals surface area contributed by atoms with Gasteiger partial charge >= 0.3 is 0 Å². The quantitative estimate of drug-likeness (QED) is 0.614. The van der Waals surface area contributed by atoms with Crippen molar-refractivity contribution in [3.05, 3.63) is 47.8 Å². The van der Waals surface area contributed by atoms with Crippen LogP contribution in [0.15, 0.2) is 41.5 Å². The normalized spacial score (nSPS) is 11.2. The molecule has 0 aliphatic carbocycles. The van der Waals surface area contributed by atoms with Gasteiger partial charge in [-0.1, -0.05) is 6.07 Å². The molecule has 0 saturated heterocycles. The number of guanidine groups is 1. The summed E-state index contributed by atoms with van der Waals surface area (Å²) in [6, 6.07) is 9.82. The highest BCUT2D eigenvalue weighted by Gasteiger charge is 2.10. The van der Waals surface area contributed by atoms with E-state index in [2.05, 4.69) is 31.2 Å². The molecule has 2 rings (SSSR count). The van der Waals surface area contributed by atoms with E-state index in [4.69, 9.17) is 4.74 Å². The molecule has 0 atom stereocenters. The number of hydrogen-bond donors (Lipinski definition) is 2. The van der Waals surface area contributed by atoms with E-state index in [-0.39, 0.29) is 5.91 Å². The Morgan fingerprint density at radius 1 is 1.35 bits per heavy atom. The number of hydrogen-bond acceptors (Lipinski definition) is 3. The van der Waals surface area contributed by atoms with Gasteiger partial charge in [-0.2, -0.15) is 0 Å². The lowest BCUT2D eigenvalue weighted by atomic mass is 10.2. The Labute approximate surface area is 154 Å². The fraction of sp³-hybridized carbons (Fsp3) is 0.368. The first kappa shape index (κ1) is 19.4. The van der Waals surface area contributed by atoms with Gasteiger partial charge in [0.05, 0.1) is 19.3 Å². The molecule has 0 spiro atoms. The zero-order valence-electron chi connectivity index (χ0n) is 16.0. The number of aromatic nitrogens is 1. The Hall–Kier alpha value is -2.96. The van der Waals surface area contributed by atoms with Crippen LogP contribution in [0.2, 0.25) is 0 Å². The smallest absolute Gasteiger partial charge is 0.221 e. The number of aliphatic imine (C=N–C) groups is 1. The van der Waals surface area contributed by atoms with E-state index >= 15 is 0 Å². The summed E-state index contributed by atoms with van der Waals surface area (Å²) in [5.74, 6) is 1.30. The molecular formula is C19H27N5O2. The Morgan fingerprint density at radius 2 is 2.12 bits per heavy atom. The fourth-order valence-corrected chi connectivity index (χ4v) is 2.70. The largest absolute Gasteiger partial charge is 0.495 e. The first-order valence-corrected chi connectivity index (χ1v) is 8.41. The maximum absolute atomic E-state index is 11.4. The van der Waals surface area contributed by atoms with Crippen molar-refractivity contribution < 1.29 is 9.53 Å². The van der Waals surface area contributed by atoms with Crippen LogP contribution in [0, 0.1) is 0 Å². The molecule has 1 aromatic heterocycles. The summed E-state index contributed by atoms with van der Waals surface area (Å²) in [6.45, 7) is 2.81. The SMILES string of the molecule is CN=C(NCc1ccc(OC)c(NC(C)=O)c1)N(C)Cc1cccn1C. The zero-order valence-corrected chi connectivity index (χ0v) is 16.0. The van der Waals surface area contributed by atoms with Gasteiger partial charge in [0.2, 0.25) is 5.91 Å². The Bertz CT molecular complexity index is 782. The Kier molecular flexibility index (Phi) is 6.66. The number of carbonyl (C=O) groups is 1. The van der Waals surface area contributed by atoms with Crippen molar-refractivity contribution in [2.75, 3.05) is 26.5 Å². The summed E-state index contributed by atoms with van der Waals surface area (Å²) in [4.78, 5) is 17.8. The molecule has 0 saturated carbocycles. The van der Waals surface area contributed by atoms with Crippen LogP contribution in [0.5, 0.6) is 5.75 Å². The minimum absolute atomic E-state index is 0.133. The summed E-state index contributed by atoms with van der Waals surface area (Å²) < 4.78 is 7.38. The lowest BCUT2D eigenvalue weighted by Crippen LogP contribution is -2.38. The highest BCUT2D eigenvalue weighted by Crippen LogP contribution is 2.25. The van der Waals surface area contributed by atoms with E-state index < -0.39 is 0 Å². The van der Waals surface area contributed by atoms with E-state index in [1.165, 1.54) is 12.6 Å². The lowest BCUT2D eigenvalue weighted by Gasteiger charge is -2.22. The lowest BCUT2D eigenvalue weighted by molar-refractivity contribution is -0.114. The van der Waals surface area contributed by atoms with Gasteiger partial charge in [-0.05, 0) is 29.8 Å². The van der Waals surface area contributed by atoms with Gasteiger partial charge in [0.15, 0.2) is 5.96 Å². The summed E-state index contributed by atoms with van der Waals surface area (Å²) in [6.07, 6.45) is 2.03. The number of benzene rings is 1. The van der Waals surface area contributed by atoms with Crippen LogP contribution in [-0.2, 0) is 24.9 Å². The average Bonchev–Trinajstić information content (AvgIpc) is 3.00. The minimum atomic E-state index is -0.133. The van der Waals surface area contributed by atoms with Crippen LogP contribution in [0.3, 0.4) is 0 Å². The van der Waals surface area contributed by atoms with Gasteiger partial charge in [-0.15, -0.1) is 0 Å². The first-order valence-electron chi connectivity index (χ1n) is 8.41. The highest BCUT2D eigenvalue weighted by molar-refractivity contribution is 5.90. The molecule has 140 valence electrons. The number of nitrogens with one attached hydrogen (secondary N) is 2. The van der Waals surface area contributed by atoms with Gasteiger partial charge in [0, 0.05) is 46.5 Å². The van der Waals surface area contributed by atoms with Crippen molar-refractivity contribution in [3.63, 3.8) is 0 Å². The van der Waals surface area contributed by atoms with E-state index in [1.807, 2.05) is 44.6 Å². The molecule has 0 radical (unpaired) electrons. The van der Waals surface area contributed by atoms with Crippen molar-refractivity contribution in [2.45, 2.75) is 20.0 Å². The third kappa shape index (κ3) is 5.02. The predicted octanol–water partition coefficient (Wildman–Crippen LogP) is 2.20. The molecule has 0 aliphatic heterocycles. The summed E-state index contributed by atoms with van der Waals surface area (Å²) in [5, 5.41) is 6.14. The van der Waals surface area contributed by atoms with Crippen molar-refractivity contribution >= 4 is 17.6 Å². The van der Waals surface area contributed by atoms with Crippen molar-refractivity contribution in [3.8, 4) is 5.75 Å². The monoisotopic (exact) mass is 357 g/mol. The maximum Gasteiger partial charge on any atom is 0.221 e. The molecule has 2 N–H and O–H groups in total. The van der Waals surface area contributed by atoms with E-state index in [0.29, 0.717) is 18.0 Å². The van der Waals surface area contributed by atoms with Crippen molar-refractivity contribution in [1.82, 2.24) is 14.8 Å². The van der Waals surface area contributed by atoms with Crippen molar-refractivity contribution in [1.29, 1.82) is 0 Å². The molecular weight excluding hydrogens is 330 g/mol. The van der Waals surface area contributed by atoms with Crippen LogP contribution in [0.25, 0.3) is 0 Å². The number of methoxy groups -OCH3 is 1. The second-order valence-electron chi connectivity index (χ2n) is 6.08. The van der Waals surface area contributed by atoms with Gasteiger partial charge in [0.25, 0.3) is 0 Å². The second-order valence-corrected chi connectivity index (χ2v) is 6.08. The molecule has 7 heteroatoms. The van der Waals surface area contributed by atoms with E-state index in [1.54, 1.807) is 14.2 Å². The summed E-state index contributed by atoms with van der Waals surface area (Å²) in [5.41, 5.74) is 2.88. The number of rotatable bonds is 6. The number of carbonyl (C=O) groups excluding carboxylic acids is 1. The second kappa shape index (κ2) is 8.94. The van der Waals surface area contributed by atoms with Crippen LogP contribution < -0.4 is 15.4 Å². The Balaban J connectivity index is 2.03. The summed E-state index contributed by atoms with van der Waals surface area (Å²) >= 11 is 0. The van der Waals surface area contributed by atoms with Crippen LogP contribution in [0.1, 0.15) is 18.2 Å². The van der Waals surface area contributed by atoms with Crippen LogP contribution in [-0.4, -0.2) is 42.5 Å². The molecule has 7 nitrogen and oxygen atoms in total. The number of ether oxygens (including phenoxy) is 1. The third-order valence-corrected chi connectivity index (χ3v) is 4.05. The fourth-order valence-electron chi connectivity index (χ4n) is 2.70. The predicted molar refractivity (Wildman–Crippen MR) is 104 cm³/mol. The molecule has 1 heterocycles. The first-order chi connectivity index (χ1) is 12.4. The summed E-state index contributed by atoms with van der Waals surface area (Å²) in [7, 11) is 7.37. The van der Waals surface area contributed by atoms with Gasteiger partial charge < -0.3 is 24.8 Å². The van der Waals surface area contributed by atoms with E-state index in [9.17, 15) is 4.79 Å². The number of aryl methyl sites for hydroxylation is 1. The topological polar surface area (TPSA) is 70.9 Å².